The van der Waals surface area contributed by atoms with Gasteiger partial charge in [0.05, 0.1) is 60.3 Å². The number of nitriles is 1. The summed E-state index contributed by atoms with van der Waals surface area (Å²) in [6.45, 7) is 13.7. The fourth-order valence-electron chi connectivity index (χ4n) is 5.10. The molecule has 5 rings (SSSR count). The van der Waals surface area contributed by atoms with Crippen molar-refractivity contribution in [1.29, 1.82) is 5.26 Å². The van der Waals surface area contributed by atoms with Crippen LogP contribution in [0, 0.1) is 11.3 Å². The van der Waals surface area contributed by atoms with E-state index in [0.717, 1.165) is 64.5 Å². The lowest BCUT2D eigenvalue weighted by Crippen LogP contribution is -2.54. The summed E-state index contributed by atoms with van der Waals surface area (Å²) in [4.78, 5) is 26.2. The normalized spacial score (nSPS) is 17.7. The van der Waals surface area contributed by atoms with Crippen molar-refractivity contribution in [2.24, 2.45) is 0 Å². The van der Waals surface area contributed by atoms with Crippen LogP contribution >= 0.6 is 0 Å². The molecule has 2 fully saturated rings. The quantitative estimate of drug-likeness (QED) is 0.458. The third-order valence-electron chi connectivity index (χ3n) is 7.40. The van der Waals surface area contributed by atoms with Gasteiger partial charge < -0.3 is 24.4 Å². The smallest absolute Gasteiger partial charge is 0.408 e. The number of carbonyl (C=O) groups is 1. The summed E-state index contributed by atoms with van der Waals surface area (Å²) in [5.41, 5.74) is 1.79. The molecule has 1 amide bonds. The van der Waals surface area contributed by atoms with Gasteiger partial charge in [-0.1, -0.05) is 0 Å². The molecule has 0 aliphatic carbocycles. The van der Waals surface area contributed by atoms with Gasteiger partial charge in [0.25, 0.3) is 0 Å². The highest BCUT2D eigenvalue weighted by Gasteiger charge is 2.33. The number of morpholine rings is 1. The number of pyridine rings is 1. The molecule has 0 spiro atoms. The summed E-state index contributed by atoms with van der Waals surface area (Å²) in [6, 6.07) is 4.09. The number of hydrogen-bond acceptors (Lipinski definition) is 10. The highest BCUT2D eigenvalue weighted by atomic mass is 16.6. The number of anilines is 1. The number of alkyl carbamates (subject to hydrolysis) is 1. The topological polar surface area (TPSA) is 130 Å². The molecule has 0 aromatic carbocycles. The van der Waals surface area contributed by atoms with Gasteiger partial charge in [0.1, 0.15) is 24.0 Å². The predicted octanol–water partition coefficient (Wildman–Crippen LogP) is 3.26. The van der Waals surface area contributed by atoms with E-state index in [1.54, 1.807) is 29.3 Å². The minimum absolute atomic E-state index is 0.344. The lowest BCUT2D eigenvalue weighted by molar-refractivity contribution is 0.0322. The van der Waals surface area contributed by atoms with E-state index in [4.69, 9.17) is 14.2 Å². The summed E-state index contributed by atoms with van der Waals surface area (Å²) in [5, 5.41) is 17.1. The van der Waals surface area contributed by atoms with Gasteiger partial charge in [0, 0.05) is 38.3 Å². The molecule has 12 heteroatoms. The van der Waals surface area contributed by atoms with E-state index >= 15 is 0 Å². The molecule has 3 aromatic heterocycles. The number of aromatic nitrogens is 4. The van der Waals surface area contributed by atoms with Gasteiger partial charge in [-0.25, -0.2) is 19.3 Å². The first kappa shape index (κ1) is 28.6. The Labute approximate surface area is 240 Å². The number of fused-ring (bicyclic) bond motifs is 1. The number of ether oxygens (including phenoxy) is 3. The second-order valence-electron chi connectivity index (χ2n) is 11.8. The SMILES string of the molecule is CC1(NC(=O)OC(C)(C)C)CCN(c2cnc(-c3cc(OCCN4CCOCC4)cn4ncc(C#N)c34)nc2)CC1. The zero-order chi connectivity index (χ0) is 29.0. The van der Waals surface area contributed by atoms with Crippen molar-refractivity contribution in [3.8, 4) is 23.2 Å². The molecule has 218 valence electrons. The third kappa shape index (κ3) is 7.04. The third-order valence-corrected chi connectivity index (χ3v) is 7.40. The number of nitrogens with zero attached hydrogens (tertiary/aromatic N) is 7. The van der Waals surface area contributed by atoms with Crippen LogP contribution in [-0.2, 0) is 9.47 Å². The number of hydrogen-bond donors (Lipinski definition) is 1. The maximum absolute atomic E-state index is 12.3. The molecule has 5 heterocycles. The molecule has 0 radical (unpaired) electrons. The fraction of sp³-hybridized carbons (Fsp3) is 0.552. The van der Waals surface area contributed by atoms with Crippen molar-refractivity contribution in [2.45, 2.75) is 51.7 Å². The van der Waals surface area contributed by atoms with Crippen LogP contribution in [-0.4, -0.2) is 94.3 Å². The maximum Gasteiger partial charge on any atom is 0.408 e. The first-order valence-electron chi connectivity index (χ1n) is 14.1. The van der Waals surface area contributed by atoms with Crippen molar-refractivity contribution in [3.63, 3.8) is 0 Å². The average molecular weight is 563 g/mol. The number of nitrogens with one attached hydrogen (secondary N) is 1. The minimum Gasteiger partial charge on any atom is -0.491 e. The zero-order valence-corrected chi connectivity index (χ0v) is 24.2. The number of rotatable bonds is 7. The summed E-state index contributed by atoms with van der Waals surface area (Å²) in [7, 11) is 0. The molecule has 1 N–H and O–H groups in total. The fourth-order valence-corrected chi connectivity index (χ4v) is 5.10. The Hall–Kier alpha value is -3.95. The van der Waals surface area contributed by atoms with Gasteiger partial charge >= 0.3 is 6.09 Å². The van der Waals surface area contributed by atoms with E-state index in [1.165, 1.54) is 0 Å². The van der Waals surface area contributed by atoms with E-state index in [0.29, 0.717) is 34.8 Å². The Bertz CT molecular complexity index is 1400. The van der Waals surface area contributed by atoms with Crippen LogP contribution in [0.5, 0.6) is 5.75 Å². The van der Waals surface area contributed by atoms with Crippen LogP contribution in [0.1, 0.15) is 46.1 Å². The van der Waals surface area contributed by atoms with Crippen molar-refractivity contribution < 1.29 is 19.0 Å². The van der Waals surface area contributed by atoms with E-state index in [-0.39, 0.29) is 5.54 Å². The number of carbonyl (C=O) groups excluding carboxylic acids is 1. The summed E-state index contributed by atoms with van der Waals surface area (Å²) in [5.74, 6) is 1.12. The van der Waals surface area contributed by atoms with Crippen LogP contribution in [0.2, 0.25) is 0 Å². The van der Waals surface area contributed by atoms with Gasteiger partial charge in [-0.3, -0.25) is 4.90 Å². The second-order valence-corrected chi connectivity index (χ2v) is 11.8. The highest BCUT2D eigenvalue weighted by molar-refractivity contribution is 5.82. The molecule has 0 bridgehead atoms. The van der Waals surface area contributed by atoms with Crippen LogP contribution in [0.3, 0.4) is 0 Å². The van der Waals surface area contributed by atoms with Crippen molar-refractivity contribution >= 4 is 17.3 Å². The predicted molar refractivity (Wildman–Crippen MR) is 153 cm³/mol. The minimum atomic E-state index is -0.536. The standard InChI is InChI=1S/C29H38N8O4/c1-28(2,3)41-27(38)34-29(4)5-7-36(8-6-29)22-18-31-26(32-19-22)24-15-23(20-37-25(24)21(16-30)17-33-37)40-14-11-35-9-12-39-13-10-35/h15,17-20H,5-14H2,1-4H3,(H,34,38). The van der Waals surface area contributed by atoms with Crippen molar-refractivity contribution in [1.82, 2.24) is 29.8 Å². The molecular weight excluding hydrogens is 524 g/mol. The van der Waals surface area contributed by atoms with E-state index in [1.807, 2.05) is 33.8 Å². The molecule has 0 saturated carbocycles. The van der Waals surface area contributed by atoms with Gasteiger partial charge in [0.15, 0.2) is 5.82 Å². The summed E-state index contributed by atoms with van der Waals surface area (Å²) in [6.07, 6.45) is 8.06. The molecule has 2 aliphatic heterocycles. The highest BCUT2D eigenvalue weighted by Crippen LogP contribution is 2.31. The largest absolute Gasteiger partial charge is 0.491 e. The van der Waals surface area contributed by atoms with E-state index < -0.39 is 11.7 Å². The van der Waals surface area contributed by atoms with Crippen LogP contribution < -0.4 is 15.0 Å². The van der Waals surface area contributed by atoms with Gasteiger partial charge in [0.2, 0.25) is 0 Å². The Morgan fingerprint density at radius 1 is 1.15 bits per heavy atom. The second kappa shape index (κ2) is 11.9. The van der Waals surface area contributed by atoms with Crippen LogP contribution in [0.15, 0.2) is 30.9 Å². The molecule has 2 aliphatic rings. The molecule has 41 heavy (non-hydrogen) atoms. The average Bonchev–Trinajstić information content (AvgIpc) is 3.36. The monoisotopic (exact) mass is 562 g/mol. The molecular formula is C29H38N8O4. The Morgan fingerprint density at radius 3 is 2.51 bits per heavy atom. The Morgan fingerprint density at radius 2 is 1.85 bits per heavy atom. The lowest BCUT2D eigenvalue weighted by Gasteiger charge is -2.40. The number of piperidine rings is 1. The molecule has 2 saturated heterocycles. The summed E-state index contributed by atoms with van der Waals surface area (Å²) >= 11 is 0. The van der Waals surface area contributed by atoms with Gasteiger partial charge in [-0.15, -0.1) is 0 Å². The van der Waals surface area contributed by atoms with Crippen molar-refractivity contribution in [2.75, 3.05) is 57.4 Å². The Balaban J connectivity index is 1.27. The molecule has 0 atom stereocenters. The first-order chi connectivity index (χ1) is 19.6. The van der Waals surface area contributed by atoms with E-state index in [2.05, 4.69) is 36.3 Å². The molecule has 0 unspecified atom stereocenters. The summed E-state index contributed by atoms with van der Waals surface area (Å²) < 4.78 is 18.6. The van der Waals surface area contributed by atoms with Crippen molar-refractivity contribution in [3.05, 3.63) is 36.4 Å². The first-order valence-corrected chi connectivity index (χ1v) is 14.1. The molecule has 12 nitrogen and oxygen atoms in total. The molecule has 3 aromatic rings. The number of amides is 1. The maximum atomic E-state index is 12.3. The lowest BCUT2D eigenvalue weighted by atomic mass is 9.89. The van der Waals surface area contributed by atoms with Crippen LogP contribution in [0.4, 0.5) is 10.5 Å². The van der Waals surface area contributed by atoms with E-state index in [9.17, 15) is 10.1 Å². The van der Waals surface area contributed by atoms with Gasteiger partial charge in [-0.2, -0.15) is 10.4 Å². The van der Waals surface area contributed by atoms with Gasteiger partial charge in [-0.05, 0) is 46.6 Å². The zero-order valence-electron chi connectivity index (χ0n) is 24.2. The van der Waals surface area contributed by atoms with Crippen LogP contribution in [0.25, 0.3) is 16.9 Å². The Kier molecular flexibility index (Phi) is 8.28.